The number of aryl methyl sites for hydroxylation is 4. The molecule has 5 rings (SSSR count). The second kappa shape index (κ2) is 11.1. The summed E-state index contributed by atoms with van der Waals surface area (Å²) >= 11 is 1.54. The molecule has 2 aliphatic rings. The first-order chi connectivity index (χ1) is 18.6. The Bertz CT molecular complexity index is 1360. The number of hydrogen-bond donors (Lipinski definition) is 1. The Kier molecular flexibility index (Phi) is 7.80. The van der Waals surface area contributed by atoms with Gasteiger partial charge in [0.05, 0.1) is 11.0 Å². The van der Waals surface area contributed by atoms with Gasteiger partial charge in [0.2, 0.25) is 5.91 Å². The molecule has 0 spiro atoms. The van der Waals surface area contributed by atoms with Crippen molar-refractivity contribution in [2.75, 3.05) is 13.1 Å². The van der Waals surface area contributed by atoms with Gasteiger partial charge < -0.3 is 10.2 Å². The van der Waals surface area contributed by atoms with Crippen molar-refractivity contribution in [3.63, 3.8) is 0 Å². The number of hydrogen-bond acceptors (Lipinski definition) is 5. The van der Waals surface area contributed by atoms with Gasteiger partial charge in [0.25, 0.3) is 5.91 Å². The van der Waals surface area contributed by atoms with Gasteiger partial charge in [-0.1, -0.05) is 24.3 Å². The zero-order chi connectivity index (χ0) is 27.7. The van der Waals surface area contributed by atoms with Crippen LogP contribution in [-0.2, 0) is 23.9 Å². The average molecular weight is 560 g/mol. The lowest BCUT2D eigenvalue weighted by Gasteiger charge is -2.31. The molecular weight excluding hydrogens is 527 g/mol. The van der Waals surface area contributed by atoms with Crippen LogP contribution in [0.3, 0.4) is 0 Å². The Balaban J connectivity index is 1.15. The Morgan fingerprint density at radius 3 is 2.59 bits per heavy atom. The number of benzene rings is 1. The highest BCUT2D eigenvalue weighted by molar-refractivity contribution is 7.12. The molecule has 39 heavy (non-hydrogen) atoms. The average Bonchev–Trinajstić information content (AvgIpc) is 3.50. The van der Waals surface area contributed by atoms with Gasteiger partial charge in [0, 0.05) is 42.5 Å². The zero-order valence-corrected chi connectivity index (χ0v) is 22.9. The third kappa shape index (κ3) is 6.03. The molecule has 2 aromatic heterocycles. The summed E-state index contributed by atoms with van der Waals surface area (Å²) in [5.41, 5.74) is 2.39. The molecule has 208 valence electrons. The quantitative estimate of drug-likeness (QED) is 0.428. The van der Waals surface area contributed by atoms with Crippen molar-refractivity contribution >= 4 is 23.2 Å². The lowest BCUT2D eigenvalue weighted by Crippen LogP contribution is -2.38. The molecule has 1 N–H and O–H groups in total. The summed E-state index contributed by atoms with van der Waals surface area (Å²) in [5, 5.41) is 7.72. The lowest BCUT2D eigenvalue weighted by atomic mass is 9.87. The number of alkyl halides is 3. The summed E-state index contributed by atoms with van der Waals surface area (Å²) in [5.74, 6) is -0.0793. The number of carbonyl (C=O) groups excluding carboxylic acids is 2. The van der Waals surface area contributed by atoms with E-state index in [1.54, 1.807) is 23.2 Å². The van der Waals surface area contributed by atoms with Gasteiger partial charge >= 0.3 is 6.18 Å². The van der Waals surface area contributed by atoms with Crippen LogP contribution in [-0.4, -0.2) is 44.6 Å². The highest BCUT2D eigenvalue weighted by Crippen LogP contribution is 2.34. The van der Waals surface area contributed by atoms with Crippen molar-refractivity contribution in [1.82, 2.24) is 25.0 Å². The van der Waals surface area contributed by atoms with Gasteiger partial charge in [0.1, 0.15) is 5.69 Å². The Hall–Kier alpha value is -3.21. The number of likely N-dealkylation sites (tertiary alicyclic amines) is 1. The maximum absolute atomic E-state index is 13.2. The maximum atomic E-state index is 13.2. The SMILES string of the molecule is Cc1sc(C2CCN(C(=O)CCn3nc(C(F)(F)F)cc3C)CC2)nc1C(=O)NC1CCCc2ccccc21. The molecule has 3 aromatic rings. The second-order valence-corrected chi connectivity index (χ2v) is 11.6. The summed E-state index contributed by atoms with van der Waals surface area (Å²) < 4.78 is 39.9. The fourth-order valence-corrected chi connectivity index (χ4v) is 6.63. The van der Waals surface area contributed by atoms with Crippen LogP contribution in [0.1, 0.15) is 87.0 Å². The van der Waals surface area contributed by atoms with E-state index in [2.05, 4.69) is 22.5 Å². The van der Waals surface area contributed by atoms with Crippen LogP contribution in [0.15, 0.2) is 30.3 Å². The molecule has 7 nitrogen and oxygen atoms in total. The topological polar surface area (TPSA) is 80.1 Å². The Morgan fingerprint density at radius 2 is 1.87 bits per heavy atom. The molecule has 1 aromatic carbocycles. The van der Waals surface area contributed by atoms with E-state index in [0.717, 1.165) is 48.1 Å². The summed E-state index contributed by atoms with van der Waals surface area (Å²) in [6.07, 6.45) is 0.0356. The monoisotopic (exact) mass is 559 g/mol. The first kappa shape index (κ1) is 27.4. The highest BCUT2D eigenvalue weighted by Gasteiger charge is 2.34. The van der Waals surface area contributed by atoms with E-state index >= 15 is 0 Å². The molecule has 1 aliphatic heterocycles. The molecule has 1 saturated heterocycles. The van der Waals surface area contributed by atoms with Crippen molar-refractivity contribution in [2.45, 2.75) is 77.1 Å². The van der Waals surface area contributed by atoms with Crippen molar-refractivity contribution in [3.05, 3.63) is 68.4 Å². The zero-order valence-electron chi connectivity index (χ0n) is 22.1. The summed E-state index contributed by atoms with van der Waals surface area (Å²) in [4.78, 5) is 33.3. The van der Waals surface area contributed by atoms with Crippen LogP contribution >= 0.6 is 11.3 Å². The first-order valence-corrected chi connectivity index (χ1v) is 14.2. The van der Waals surface area contributed by atoms with Gasteiger partial charge in [-0.15, -0.1) is 11.3 Å². The molecule has 1 fully saturated rings. The predicted octanol–water partition coefficient (Wildman–Crippen LogP) is 5.58. The third-order valence-corrected chi connectivity index (χ3v) is 8.84. The smallest absolute Gasteiger partial charge is 0.344 e. The van der Waals surface area contributed by atoms with Gasteiger partial charge in [-0.3, -0.25) is 14.3 Å². The second-order valence-electron chi connectivity index (χ2n) is 10.4. The van der Waals surface area contributed by atoms with Crippen LogP contribution in [0.4, 0.5) is 13.2 Å². The van der Waals surface area contributed by atoms with E-state index < -0.39 is 11.9 Å². The number of halogens is 3. The minimum atomic E-state index is -4.50. The minimum absolute atomic E-state index is 0.00756. The molecule has 2 amide bonds. The Labute approximate surface area is 229 Å². The van der Waals surface area contributed by atoms with Crippen LogP contribution < -0.4 is 5.32 Å². The summed E-state index contributed by atoms with van der Waals surface area (Å²) in [6, 6.07) is 9.24. The summed E-state index contributed by atoms with van der Waals surface area (Å²) in [6.45, 7) is 4.68. The van der Waals surface area contributed by atoms with E-state index in [9.17, 15) is 22.8 Å². The van der Waals surface area contributed by atoms with Crippen molar-refractivity contribution in [1.29, 1.82) is 0 Å². The normalized spacial score (nSPS) is 18.2. The highest BCUT2D eigenvalue weighted by atomic mass is 32.1. The number of carbonyl (C=O) groups is 2. The molecule has 0 bridgehead atoms. The van der Waals surface area contributed by atoms with Crippen LogP contribution in [0, 0.1) is 13.8 Å². The standard InChI is InChI=1S/C28H32F3N5O2S/c1-17-16-23(28(29,30)31)34-36(17)15-12-24(37)35-13-10-20(11-14-35)27-33-25(18(2)39-27)26(38)32-22-9-5-7-19-6-3-4-8-21(19)22/h3-4,6,8,16,20,22H,5,7,9-15H2,1-2H3,(H,32,38). The van der Waals surface area contributed by atoms with Gasteiger partial charge in [-0.05, 0) is 63.1 Å². The lowest BCUT2D eigenvalue weighted by molar-refractivity contribution is -0.141. The van der Waals surface area contributed by atoms with E-state index in [0.29, 0.717) is 24.5 Å². The maximum Gasteiger partial charge on any atom is 0.435 e. The Morgan fingerprint density at radius 1 is 1.13 bits per heavy atom. The fraction of sp³-hybridized carbons (Fsp3) is 0.500. The first-order valence-electron chi connectivity index (χ1n) is 13.4. The number of thiazole rings is 1. The molecule has 1 atom stereocenters. The number of aromatic nitrogens is 3. The van der Waals surface area contributed by atoms with Crippen molar-refractivity contribution < 1.29 is 22.8 Å². The van der Waals surface area contributed by atoms with Gasteiger partial charge in [-0.2, -0.15) is 18.3 Å². The summed E-state index contributed by atoms with van der Waals surface area (Å²) in [7, 11) is 0. The van der Waals surface area contributed by atoms with E-state index in [1.807, 2.05) is 19.1 Å². The fourth-order valence-electron chi connectivity index (χ4n) is 5.54. The number of nitrogens with zero attached hydrogens (tertiary/aromatic N) is 4. The predicted molar refractivity (Wildman–Crippen MR) is 142 cm³/mol. The largest absolute Gasteiger partial charge is 0.435 e. The van der Waals surface area contributed by atoms with Crippen molar-refractivity contribution in [2.24, 2.45) is 0 Å². The van der Waals surface area contributed by atoms with Crippen LogP contribution in [0.25, 0.3) is 0 Å². The molecule has 1 unspecified atom stereocenters. The number of amides is 2. The molecule has 0 saturated carbocycles. The van der Waals surface area contributed by atoms with E-state index in [4.69, 9.17) is 4.98 Å². The van der Waals surface area contributed by atoms with E-state index in [-0.39, 0.29) is 36.7 Å². The van der Waals surface area contributed by atoms with Crippen LogP contribution in [0.2, 0.25) is 0 Å². The van der Waals surface area contributed by atoms with Crippen LogP contribution in [0.5, 0.6) is 0 Å². The molecule has 11 heteroatoms. The van der Waals surface area contributed by atoms with Gasteiger partial charge in [-0.25, -0.2) is 4.98 Å². The molecule has 0 radical (unpaired) electrons. The molecule has 3 heterocycles. The van der Waals surface area contributed by atoms with E-state index in [1.165, 1.54) is 15.8 Å². The van der Waals surface area contributed by atoms with Crippen molar-refractivity contribution in [3.8, 4) is 0 Å². The number of fused-ring (bicyclic) bond motifs is 1. The molecule has 1 aliphatic carbocycles. The third-order valence-electron chi connectivity index (χ3n) is 7.71. The number of nitrogens with one attached hydrogen (secondary N) is 1. The number of rotatable bonds is 6. The number of piperidine rings is 1. The molecular formula is C28H32F3N5O2S. The van der Waals surface area contributed by atoms with Gasteiger partial charge in [0.15, 0.2) is 5.69 Å². The minimum Gasteiger partial charge on any atom is -0.344 e.